The fraction of sp³-hybridized carbons (Fsp3) is 0.786. The molecule has 0 bridgehead atoms. The van der Waals surface area contributed by atoms with Gasteiger partial charge in [0.1, 0.15) is 0 Å². The maximum atomic E-state index is 10.6. The molecule has 0 spiro atoms. The molecule has 0 radical (unpaired) electrons. The van der Waals surface area contributed by atoms with Crippen molar-refractivity contribution in [3.63, 3.8) is 0 Å². The van der Waals surface area contributed by atoms with Gasteiger partial charge in [-0.1, -0.05) is 51.2 Å². The first-order valence-electron chi connectivity index (χ1n) is 6.62. The smallest absolute Gasteiger partial charge is 0.217 e. The average Bonchev–Trinajstić information content (AvgIpc) is 2.24. The lowest BCUT2D eigenvalue weighted by Crippen LogP contribution is -2.23. The van der Waals surface area contributed by atoms with E-state index in [1.807, 2.05) is 13.0 Å². The van der Waals surface area contributed by atoms with Crippen LogP contribution in [-0.4, -0.2) is 23.2 Å². The molecule has 2 N–H and O–H groups in total. The molecule has 100 valence electrons. The molecule has 0 saturated heterocycles. The molecule has 0 aromatic carbocycles. The molecule has 1 amide bonds. The lowest BCUT2D eigenvalue weighted by Gasteiger charge is -2.18. The first-order valence-corrected chi connectivity index (χ1v) is 6.62. The number of carbonyl (C=O) groups excluding carboxylic acids is 1. The summed E-state index contributed by atoms with van der Waals surface area (Å²) in [4.78, 5) is 10.6. The van der Waals surface area contributed by atoms with Gasteiger partial charge in [-0.3, -0.25) is 4.79 Å². The van der Waals surface area contributed by atoms with Crippen molar-refractivity contribution >= 4 is 5.91 Å². The second-order valence-corrected chi connectivity index (χ2v) is 4.86. The molecule has 3 heteroatoms. The third-order valence-electron chi connectivity index (χ3n) is 2.73. The molecular formula is C14H27NO2. The van der Waals surface area contributed by atoms with Crippen molar-refractivity contribution < 1.29 is 9.90 Å². The lowest BCUT2D eigenvalue weighted by atomic mass is 9.97. The van der Waals surface area contributed by atoms with Crippen LogP contribution in [0.15, 0.2) is 12.2 Å². The summed E-state index contributed by atoms with van der Waals surface area (Å²) >= 11 is 0. The Balaban J connectivity index is 3.67. The summed E-state index contributed by atoms with van der Waals surface area (Å²) in [6.45, 7) is 5.99. The minimum absolute atomic E-state index is 0.0474. The maximum Gasteiger partial charge on any atom is 0.217 e. The van der Waals surface area contributed by atoms with Gasteiger partial charge < -0.3 is 10.4 Å². The molecule has 0 heterocycles. The Hall–Kier alpha value is -0.830. The summed E-state index contributed by atoms with van der Waals surface area (Å²) < 4.78 is 0. The number of carbonyl (C=O) groups is 1. The third-order valence-corrected chi connectivity index (χ3v) is 2.73. The predicted octanol–water partition coefficient (Wildman–Crippen LogP) is 2.79. The molecule has 0 aromatic heterocycles. The summed E-state index contributed by atoms with van der Waals surface area (Å²) in [6.07, 6.45) is 10.4. The van der Waals surface area contributed by atoms with Crippen LogP contribution < -0.4 is 5.32 Å². The highest BCUT2D eigenvalue weighted by atomic mass is 16.3. The Morgan fingerprint density at radius 3 is 2.53 bits per heavy atom. The van der Waals surface area contributed by atoms with Gasteiger partial charge in [-0.25, -0.2) is 0 Å². The Morgan fingerprint density at radius 1 is 1.29 bits per heavy atom. The molecule has 0 saturated carbocycles. The highest BCUT2D eigenvalue weighted by Crippen LogP contribution is 2.16. The van der Waals surface area contributed by atoms with Crippen LogP contribution >= 0.6 is 0 Å². The van der Waals surface area contributed by atoms with Crippen LogP contribution in [0.1, 0.15) is 59.3 Å². The molecule has 0 rings (SSSR count). The van der Waals surface area contributed by atoms with E-state index in [9.17, 15) is 9.90 Å². The number of unbranched alkanes of at least 4 members (excludes halogenated alkanes) is 4. The summed E-state index contributed by atoms with van der Waals surface area (Å²) in [5, 5.41) is 12.7. The number of aliphatic hydroxyl groups is 1. The van der Waals surface area contributed by atoms with Gasteiger partial charge in [-0.15, -0.1) is 0 Å². The lowest BCUT2D eigenvalue weighted by molar-refractivity contribution is -0.118. The van der Waals surface area contributed by atoms with Crippen molar-refractivity contribution in [1.82, 2.24) is 5.32 Å². The molecule has 0 fully saturated rings. The van der Waals surface area contributed by atoms with Crippen molar-refractivity contribution in [2.24, 2.45) is 0 Å². The molecule has 1 unspecified atom stereocenters. The maximum absolute atomic E-state index is 10.6. The van der Waals surface area contributed by atoms with Gasteiger partial charge in [-0.2, -0.15) is 0 Å². The van der Waals surface area contributed by atoms with E-state index in [1.165, 1.54) is 32.6 Å². The van der Waals surface area contributed by atoms with Gasteiger partial charge in [0.2, 0.25) is 5.91 Å². The normalized spacial score (nSPS) is 14.8. The van der Waals surface area contributed by atoms with Crippen LogP contribution in [0.4, 0.5) is 0 Å². The first-order chi connectivity index (χ1) is 7.98. The average molecular weight is 241 g/mol. The molecule has 0 aliphatic rings. The van der Waals surface area contributed by atoms with E-state index < -0.39 is 5.60 Å². The Morgan fingerprint density at radius 2 is 1.94 bits per heavy atom. The van der Waals surface area contributed by atoms with Gasteiger partial charge in [0.25, 0.3) is 0 Å². The summed E-state index contributed by atoms with van der Waals surface area (Å²) in [5.74, 6) is -0.0474. The fourth-order valence-corrected chi connectivity index (χ4v) is 1.69. The SMILES string of the molecule is CCCCCCCC(C)(O)/C=C/CNC(C)=O. The minimum Gasteiger partial charge on any atom is -0.386 e. The second kappa shape index (κ2) is 9.23. The Kier molecular flexibility index (Phi) is 8.78. The van der Waals surface area contributed by atoms with Crippen LogP contribution in [-0.2, 0) is 4.79 Å². The van der Waals surface area contributed by atoms with Gasteiger partial charge in [0, 0.05) is 13.5 Å². The summed E-state index contributed by atoms with van der Waals surface area (Å²) in [7, 11) is 0. The van der Waals surface area contributed by atoms with Crippen LogP contribution in [0.25, 0.3) is 0 Å². The number of rotatable bonds is 9. The van der Waals surface area contributed by atoms with E-state index >= 15 is 0 Å². The van der Waals surface area contributed by atoms with Gasteiger partial charge >= 0.3 is 0 Å². The largest absolute Gasteiger partial charge is 0.386 e. The van der Waals surface area contributed by atoms with Crippen molar-refractivity contribution in [3.05, 3.63) is 12.2 Å². The van der Waals surface area contributed by atoms with Crippen molar-refractivity contribution in [3.8, 4) is 0 Å². The van der Waals surface area contributed by atoms with Crippen molar-refractivity contribution in [2.45, 2.75) is 64.9 Å². The van der Waals surface area contributed by atoms with Crippen LogP contribution in [0.5, 0.6) is 0 Å². The third kappa shape index (κ3) is 11.4. The van der Waals surface area contributed by atoms with Crippen molar-refractivity contribution in [2.75, 3.05) is 6.54 Å². The van der Waals surface area contributed by atoms with E-state index in [0.717, 1.165) is 12.8 Å². The molecule has 3 nitrogen and oxygen atoms in total. The zero-order valence-electron chi connectivity index (χ0n) is 11.5. The summed E-state index contributed by atoms with van der Waals surface area (Å²) in [5.41, 5.74) is -0.745. The van der Waals surface area contributed by atoms with Crippen LogP contribution in [0.3, 0.4) is 0 Å². The number of nitrogens with one attached hydrogen (secondary N) is 1. The molecule has 17 heavy (non-hydrogen) atoms. The number of hydrogen-bond acceptors (Lipinski definition) is 2. The van der Waals surface area contributed by atoms with Crippen molar-refractivity contribution in [1.29, 1.82) is 0 Å². The highest BCUT2D eigenvalue weighted by molar-refractivity contribution is 5.72. The zero-order valence-corrected chi connectivity index (χ0v) is 11.5. The van der Waals surface area contributed by atoms with Gasteiger partial charge in [-0.05, 0) is 13.3 Å². The quantitative estimate of drug-likeness (QED) is 0.482. The summed E-state index contributed by atoms with van der Waals surface area (Å²) in [6, 6.07) is 0. The predicted molar refractivity (Wildman–Crippen MR) is 71.8 cm³/mol. The van der Waals surface area contributed by atoms with Gasteiger partial charge in [0.15, 0.2) is 0 Å². The molecular weight excluding hydrogens is 214 g/mol. The van der Waals surface area contributed by atoms with E-state index in [0.29, 0.717) is 6.54 Å². The van der Waals surface area contributed by atoms with Gasteiger partial charge in [0.05, 0.1) is 5.60 Å². The van der Waals surface area contributed by atoms with Crippen LogP contribution in [0.2, 0.25) is 0 Å². The number of hydrogen-bond donors (Lipinski definition) is 2. The monoisotopic (exact) mass is 241 g/mol. The molecule has 1 atom stereocenters. The second-order valence-electron chi connectivity index (χ2n) is 4.86. The zero-order chi connectivity index (χ0) is 13.1. The topological polar surface area (TPSA) is 49.3 Å². The minimum atomic E-state index is -0.745. The first kappa shape index (κ1) is 16.2. The Labute approximate surface area is 105 Å². The molecule has 0 aliphatic carbocycles. The number of amides is 1. The standard InChI is InChI=1S/C14H27NO2/c1-4-5-6-7-8-10-14(3,17)11-9-12-15-13(2)16/h9,11,17H,4-8,10,12H2,1-3H3,(H,15,16)/b11-9+. The molecule has 0 aromatic rings. The van der Waals surface area contributed by atoms with E-state index in [4.69, 9.17) is 0 Å². The Bertz CT molecular complexity index is 234. The van der Waals surface area contributed by atoms with E-state index in [-0.39, 0.29) is 5.91 Å². The highest BCUT2D eigenvalue weighted by Gasteiger charge is 2.14. The van der Waals surface area contributed by atoms with E-state index in [1.54, 1.807) is 6.08 Å². The fourth-order valence-electron chi connectivity index (χ4n) is 1.69. The molecule has 0 aliphatic heterocycles. The van der Waals surface area contributed by atoms with E-state index in [2.05, 4.69) is 12.2 Å². The van der Waals surface area contributed by atoms with Crippen LogP contribution in [0, 0.1) is 0 Å².